The molecular formula is C19H40N2O. The zero-order chi connectivity index (χ0) is 16.7. The molecule has 0 aliphatic rings. The van der Waals surface area contributed by atoms with Crippen molar-refractivity contribution >= 4 is 6.03 Å². The van der Waals surface area contributed by atoms with Crippen molar-refractivity contribution in [3.05, 3.63) is 0 Å². The van der Waals surface area contributed by atoms with Gasteiger partial charge in [0.1, 0.15) is 0 Å². The van der Waals surface area contributed by atoms with Crippen LogP contribution in [0.1, 0.15) is 111 Å². The predicted molar refractivity (Wildman–Crippen MR) is 97.1 cm³/mol. The first kappa shape index (κ1) is 21.3. The highest BCUT2D eigenvalue weighted by Crippen LogP contribution is 2.23. The molecule has 22 heavy (non-hydrogen) atoms. The van der Waals surface area contributed by atoms with Crippen molar-refractivity contribution in [2.24, 2.45) is 5.73 Å². The molecule has 0 aromatic carbocycles. The van der Waals surface area contributed by atoms with Crippen LogP contribution < -0.4 is 11.1 Å². The van der Waals surface area contributed by atoms with E-state index in [1.54, 1.807) is 0 Å². The molecule has 0 unspecified atom stereocenters. The summed E-state index contributed by atoms with van der Waals surface area (Å²) in [7, 11) is 0. The average molecular weight is 313 g/mol. The number of amides is 2. The molecule has 3 heteroatoms. The van der Waals surface area contributed by atoms with Crippen LogP contribution in [-0.2, 0) is 0 Å². The number of urea groups is 1. The molecule has 0 heterocycles. The molecule has 0 atom stereocenters. The fourth-order valence-electron chi connectivity index (χ4n) is 3.14. The number of primary amides is 1. The van der Waals surface area contributed by atoms with Gasteiger partial charge in [0.25, 0.3) is 0 Å². The molecule has 0 radical (unpaired) electrons. The molecule has 0 rings (SSSR count). The third-order valence-corrected chi connectivity index (χ3v) is 4.59. The summed E-state index contributed by atoms with van der Waals surface area (Å²) in [6.45, 7) is 6.65. The minimum absolute atomic E-state index is 0.110. The second kappa shape index (κ2) is 13.9. The Labute approximate surface area is 138 Å². The van der Waals surface area contributed by atoms with Gasteiger partial charge in [-0.3, -0.25) is 0 Å². The van der Waals surface area contributed by atoms with E-state index in [2.05, 4.69) is 26.1 Å². The van der Waals surface area contributed by atoms with Crippen LogP contribution in [-0.4, -0.2) is 11.6 Å². The molecule has 0 saturated carbocycles. The van der Waals surface area contributed by atoms with Gasteiger partial charge in [0.15, 0.2) is 0 Å². The maximum atomic E-state index is 11.3. The van der Waals surface area contributed by atoms with Crippen molar-refractivity contribution in [3.8, 4) is 0 Å². The molecule has 0 aromatic heterocycles. The number of unbranched alkanes of at least 4 members (excludes halogenated alkanes) is 10. The normalized spacial score (nSPS) is 11.6. The molecule has 0 fully saturated rings. The summed E-state index contributed by atoms with van der Waals surface area (Å²) in [5.41, 5.74) is 5.26. The van der Waals surface area contributed by atoms with Gasteiger partial charge in [-0.15, -0.1) is 0 Å². The average Bonchev–Trinajstić information content (AvgIpc) is 2.46. The van der Waals surface area contributed by atoms with Gasteiger partial charge in [-0.1, -0.05) is 90.9 Å². The molecule has 0 bridgehead atoms. The van der Waals surface area contributed by atoms with E-state index in [1.807, 2.05) is 0 Å². The smallest absolute Gasteiger partial charge is 0.312 e. The van der Waals surface area contributed by atoms with Crippen molar-refractivity contribution in [1.82, 2.24) is 5.32 Å². The Hall–Kier alpha value is -0.730. The van der Waals surface area contributed by atoms with Crippen molar-refractivity contribution in [2.45, 2.75) is 116 Å². The van der Waals surface area contributed by atoms with Gasteiger partial charge < -0.3 is 11.1 Å². The fraction of sp³-hybridized carbons (Fsp3) is 0.947. The van der Waals surface area contributed by atoms with Crippen molar-refractivity contribution < 1.29 is 4.79 Å². The second-order valence-electron chi connectivity index (χ2n) is 7.09. The monoisotopic (exact) mass is 312 g/mol. The van der Waals surface area contributed by atoms with E-state index in [0.717, 1.165) is 12.8 Å². The van der Waals surface area contributed by atoms with E-state index in [4.69, 9.17) is 5.73 Å². The van der Waals surface area contributed by atoms with Crippen LogP contribution in [0.5, 0.6) is 0 Å². The molecule has 3 N–H and O–H groups in total. The van der Waals surface area contributed by atoms with Gasteiger partial charge in [0.2, 0.25) is 0 Å². The Bertz CT molecular complexity index is 250. The Morgan fingerprint density at radius 3 is 1.50 bits per heavy atom. The van der Waals surface area contributed by atoms with Gasteiger partial charge in [-0.2, -0.15) is 0 Å². The molecule has 132 valence electrons. The molecule has 0 aliphatic heterocycles. The topological polar surface area (TPSA) is 55.1 Å². The number of rotatable bonds is 15. The van der Waals surface area contributed by atoms with Gasteiger partial charge in [0.05, 0.1) is 0 Å². The number of nitrogens with one attached hydrogen (secondary N) is 1. The quantitative estimate of drug-likeness (QED) is 0.363. The van der Waals surface area contributed by atoms with Crippen LogP contribution in [0, 0.1) is 0 Å². The largest absolute Gasteiger partial charge is 0.352 e. The maximum Gasteiger partial charge on any atom is 0.312 e. The van der Waals surface area contributed by atoms with Crippen LogP contribution >= 0.6 is 0 Å². The van der Waals surface area contributed by atoms with E-state index < -0.39 is 0 Å². The Kier molecular flexibility index (Phi) is 13.4. The number of hydrogen-bond acceptors (Lipinski definition) is 1. The van der Waals surface area contributed by atoms with Crippen molar-refractivity contribution in [1.29, 1.82) is 0 Å². The number of hydrogen-bond donors (Lipinski definition) is 2. The summed E-state index contributed by atoms with van der Waals surface area (Å²) in [5.74, 6) is 0. The van der Waals surface area contributed by atoms with E-state index in [1.165, 1.54) is 77.0 Å². The van der Waals surface area contributed by atoms with Crippen LogP contribution in [0.4, 0.5) is 4.79 Å². The highest BCUT2D eigenvalue weighted by molar-refractivity contribution is 5.72. The lowest BCUT2D eigenvalue weighted by molar-refractivity contribution is 0.226. The van der Waals surface area contributed by atoms with Crippen LogP contribution in [0.2, 0.25) is 0 Å². The lowest BCUT2D eigenvalue weighted by atomic mass is 9.88. The highest BCUT2D eigenvalue weighted by Gasteiger charge is 2.24. The lowest BCUT2D eigenvalue weighted by Gasteiger charge is -2.30. The molecule has 0 aromatic rings. The third kappa shape index (κ3) is 13.0. The fourth-order valence-corrected chi connectivity index (χ4v) is 3.14. The van der Waals surface area contributed by atoms with Crippen molar-refractivity contribution in [2.75, 3.05) is 0 Å². The number of carbonyl (C=O) groups excluding carboxylic acids is 1. The first-order valence-electron chi connectivity index (χ1n) is 9.61. The van der Waals surface area contributed by atoms with Gasteiger partial charge in [-0.05, 0) is 19.8 Å². The maximum absolute atomic E-state index is 11.3. The van der Waals surface area contributed by atoms with E-state index in [0.29, 0.717) is 0 Å². The van der Waals surface area contributed by atoms with Gasteiger partial charge >= 0.3 is 6.03 Å². The zero-order valence-corrected chi connectivity index (χ0v) is 15.4. The number of nitrogens with two attached hydrogens (primary N) is 1. The number of carbonyl (C=O) groups is 1. The predicted octanol–water partition coefficient (Wildman–Crippen LogP) is 5.91. The second-order valence-corrected chi connectivity index (χ2v) is 7.09. The standard InChI is InChI=1S/C19H40N2O/c1-4-6-8-10-12-14-16-19(3,21-18(20)22)17-15-13-11-9-7-5-2/h4-17H2,1-3H3,(H3,20,21,22). The third-order valence-electron chi connectivity index (χ3n) is 4.59. The Morgan fingerprint density at radius 1 is 0.773 bits per heavy atom. The van der Waals surface area contributed by atoms with Gasteiger partial charge in [0, 0.05) is 5.54 Å². The van der Waals surface area contributed by atoms with E-state index >= 15 is 0 Å². The zero-order valence-electron chi connectivity index (χ0n) is 15.4. The summed E-state index contributed by atoms with van der Waals surface area (Å²) >= 11 is 0. The SMILES string of the molecule is CCCCCCCCC(C)(CCCCCCCC)NC(N)=O. The van der Waals surface area contributed by atoms with Crippen LogP contribution in [0.25, 0.3) is 0 Å². The summed E-state index contributed by atoms with van der Waals surface area (Å²) in [6, 6.07) is -0.375. The molecule has 0 saturated heterocycles. The summed E-state index contributed by atoms with van der Waals surface area (Å²) in [5, 5.41) is 3.00. The Morgan fingerprint density at radius 2 is 1.14 bits per heavy atom. The minimum atomic E-state index is -0.375. The first-order valence-corrected chi connectivity index (χ1v) is 9.61. The molecule has 3 nitrogen and oxygen atoms in total. The van der Waals surface area contributed by atoms with E-state index in [9.17, 15) is 4.79 Å². The highest BCUT2D eigenvalue weighted by atomic mass is 16.2. The molecule has 2 amide bonds. The lowest BCUT2D eigenvalue weighted by Crippen LogP contribution is -2.48. The van der Waals surface area contributed by atoms with Gasteiger partial charge in [-0.25, -0.2) is 4.79 Å². The van der Waals surface area contributed by atoms with Crippen molar-refractivity contribution in [3.63, 3.8) is 0 Å². The Balaban J connectivity index is 3.93. The molecule has 0 aliphatic carbocycles. The summed E-state index contributed by atoms with van der Waals surface area (Å²) < 4.78 is 0. The minimum Gasteiger partial charge on any atom is -0.352 e. The summed E-state index contributed by atoms with van der Waals surface area (Å²) in [6.07, 6.45) is 17.6. The van der Waals surface area contributed by atoms with E-state index in [-0.39, 0.29) is 11.6 Å². The first-order chi connectivity index (χ1) is 10.5. The van der Waals surface area contributed by atoms with Crippen LogP contribution in [0.15, 0.2) is 0 Å². The molecular weight excluding hydrogens is 272 g/mol. The summed E-state index contributed by atoms with van der Waals surface area (Å²) in [4.78, 5) is 11.3. The molecule has 0 spiro atoms. The van der Waals surface area contributed by atoms with Crippen LogP contribution in [0.3, 0.4) is 0 Å².